The van der Waals surface area contributed by atoms with Gasteiger partial charge in [0, 0.05) is 12.6 Å². The first-order valence-corrected chi connectivity index (χ1v) is 13.1. The molecular weight excluding hydrogens is 510 g/mol. The summed E-state index contributed by atoms with van der Waals surface area (Å²) < 4.78 is 37.4. The molecule has 0 bridgehead atoms. The number of ether oxygens (including phenoxy) is 1. The van der Waals surface area contributed by atoms with Crippen molar-refractivity contribution in [3.05, 3.63) is 76.8 Å². The summed E-state index contributed by atoms with van der Waals surface area (Å²) in [6.07, 6.45) is 5.64. The summed E-state index contributed by atoms with van der Waals surface area (Å²) in [7, 11) is 0. The summed E-state index contributed by atoms with van der Waals surface area (Å²) in [4.78, 5) is 4.77. The van der Waals surface area contributed by atoms with Gasteiger partial charge >= 0.3 is 0 Å². The maximum atomic E-state index is 14.6. The largest absolute Gasteiger partial charge is 0.487 e. The average Bonchev–Trinajstić information content (AvgIpc) is 3.61. The van der Waals surface area contributed by atoms with Crippen molar-refractivity contribution in [1.82, 2.24) is 30.2 Å². The lowest BCUT2D eigenvalue weighted by atomic mass is 9.89. The van der Waals surface area contributed by atoms with E-state index in [0.29, 0.717) is 46.5 Å². The molecule has 0 spiro atoms. The molecule has 194 valence electrons. The maximum absolute atomic E-state index is 14.6. The van der Waals surface area contributed by atoms with Crippen LogP contribution in [0.4, 0.5) is 8.78 Å². The van der Waals surface area contributed by atoms with Gasteiger partial charge in [0.15, 0.2) is 11.6 Å². The van der Waals surface area contributed by atoms with E-state index in [1.165, 1.54) is 12.5 Å². The van der Waals surface area contributed by atoms with Crippen LogP contribution in [-0.4, -0.2) is 30.2 Å². The van der Waals surface area contributed by atoms with Crippen LogP contribution in [-0.2, 0) is 13.2 Å². The number of hydrogen-bond donors (Lipinski definition) is 1. The molecule has 1 saturated carbocycles. The number of nitrogens with zero attached hydrogens (tertiary/aromatic N) is 5. The number of H-pyrrole nitrogens is 1. The lowest BCUT2D eigenvalue weighted by Gasteiger charge is -2.24. The Labute approximate surface area is 222 Å². The predicted octanol–water partition coefficient (Wildman–Crippen LogP) is 6.97. The smallest absolute Gasteiger partial charge is 0.208 e. The Morgan fingerprint density at radius 3 is 2.55 bits per heavy atom. The Morgan fingerprint density at radius 1 is 1.00 bits per heavy atom. The summed E-state index contributed by atoms with van der Waals surface area (Å²) in [5.41, 5.74) is 2.91. The normalized spacial score (nSPS) is 14.3. The minimum absolute atomic E-state index is 0.218. The zero-order valence-corrected chi connectivity index (χ0v) is 21.3. The molecule has 5 aromatic rings. The molecule has 0 radical (unpaired) electrons. The van der Waals surface area contributed by atoms with Gasteiger partial charge in [-0.1, -0.05) is 67.3 Å². The number of aromatic amines is 1. The number of hydrogen-bond acceptors (Lipinski definition) is 5. The number of imidazole rings is 1. The monoisotopic (exact) mass is 534 g/mol. The second-order valence-electron chi connectivity index (χ2n) is 9.60. The minimum Gasteiger partial charge on any atom is -0.487 e. The topological polar surface area (TPSA) is 81.5 Å². The van der Waals surface area contributed by atoms with Gasteiger partial charge < -0.3 is 9.30 Å². The van der Waals surface area contributed by atoms with Gasteiger partial charge in [0.05, 0.1) is 16.6 Å². The first kappa shape index (κ1) is 24.5. The van der Waals surface area contributed by atoms with Gasteiger partial charge in [0.2, 0.25) is 5.82 Å². The fraction of sp³-hybridized carbons (Fsp3) is 0.286. The molecule has 0 amide bonds. The lowest BCUT2D eigenvalue weighted by Crippen LogP contribution is -2.15. The van der Waals surface area contributed by atoms with Crippen molar-refractivity contribution in [3.8, 4) is 28.5 Å². The van der Waals surface area contributed by atoms with Crippen molar-refractivity contribution in [2.24, 2.45) is 5.92 Å². The molecule has 0 unspecified atom stereocenters. The fourth-order valence-electron chi connectivity index (χ4n) is 5.23. The third-order valence-corrected chi connectivity index (χ3v) is 7.46. The quantitative estimate of drug-likeness (QED) is 0.228. The van der Waals surface area contributed by atoms with E-state index in [-0.39, 0.29) is 17.1 Å². The zero-order chi connectivity index (χ0) is 26.1. The van der Waals surface area contributed by atoms with Crippen LogP contribution in [0.3, 0.4) is 0 Å². The third kappa shape index (κ3) is 4.62. The first-order valence-electron chi connectivity index (χ1n) is 12.7. The highest BCUT2D eigenvalue weighted by atomic mass is 35.5. The van der Waals surface area contributed by atoms with Crippen LogP contribution in [0.2, 0.25) is 5.02 Å². The number of halogens is 3. The number of nitrogens with one attached hydrogen (secondary N) is 1. The van der Waals surface area contributed by atoms with Crippen molar-refractivity contribution in [2.75, 3.05) is 0 Å². The van der Waals surface area contributed by atoms with Crippen LogP contribution in [0, 0.1) is 17.6 Å². The van der Waals surface area contributed by atoms with Crippen molar-refractivity contribution >= 4 is 22.6 Å². The van der Waals surface area contributed by atoms with E-state index >= 15 is 0 Å². The highest BCUT2D eigenvalue weighted by Gasteiger charge is 2.26. The number of fused-ring (bicyclic) bond motifs is 1. The molecule has 2 heterocycles. The average molecular weight is 535 g/mol. The summed E-state index contributed by atoms with van der Waals surface area (Å²) >= 11 is 6.29. The third-order valence-electron chi connectivity index (χ3n) is 7.11. The van der Waals surface area contributed by atoms with Crippen LogP contribution < -0.4 is 4.74 Å². The Kier molecular flexibility index (Phi) is 6.76. The van der Waals surface area contributed by atoms with E-state index in [9.17, 15) is 8.78 Å². The lowest BCUT2D eigenvalue weighted by molar-refractivity contribution is 0.307. The first-order chi connectivity index (χ1) is 18.6. The van der Waals surface area contributed by atoms with Gasteiger partial charge in [-0.2, -0.15) is 5.21 Å². The highest BCUT2D eigenvalue weighted by molar-refractivity contribution is 6.35. The molecule has 0 aliphatic heterocycles. The molecule has 0 atom stereocenters. The number of benzene rings is 3. The molecule has 3 aromatic carbocycles. The molecule has 38 heavy (non-hydrogen) atoms. The molecule has 1 fully saturated rings. The van der Waals surface area contributed by atoms with Gasteiger partial charge in [-0.15, -0.1) is 10.2 Å². The minimum atomic E-state index is -1.10. The molecule has 1 aliphatic rings. The fourth-order valence-corrected chi connectivity index (χ4v) is 5.46. The summed E-state index contributed by atoms with van der Waals surface area (Å²) in [5, 5.41) is 14.2. The van der Waals surface area contributed by atoms with E-state index in [0.717, 1.165) is 31.2 Å². The molecule has 6 rings (SSSR count). The van der Waals surface area contributed by atoms with Gasteiger partial charge in [-0.05, 0) is 41.7 Å². The molecule has 1 aliphatic carbocycles. The van der Waals surface area contributed by atoms with Crippen LogP contribution >= 0.6 is 11.6 Å². The Hall–Kier alpha value is -3.85. The number of rotatable bonds is 7. The van der Waals surface area contributed by atoms with Crippen LogP contribution in [0.25, 0.3) is 33.8 Å². The van der Waals surface area contributed by atoms with Gasteiger partial charge in [-0.3, -0.25) is 0 Å². The van der Waals surface area contributed by atoms with Crippen molar-refractivity contribution in [1.29, 1.82) is 0 Å². The summed E-state index contributed by atoms with van der Waals surface area (Å²) in [5.74, 6) is -0.337. The molecule has 1 N–H and O–H groups in total. The summed E-state index contributed by atoms with van der Waals surface area (Å²) in [6.45, 7) is 0.896. The van der Waals surface area contributed by atoms with Crippen molar-refractivity contribution in [2.45, 2.75) is 45.3 Å². The zero-order valence-electron chi connectivity index (χ0n) is 20.5. The number of tetrazole rings is 1. The molecular formula is C28H25ClF2N6O. The van der Waals surface area contributed by atoms with E-state index < -0.39 is 11.6 Å². The van der Waals surface area contributed by atoms with Crippen molar-refractivity contribution in [3.63, 3.8) is 0 Å². The van der Waals surface area contributed by atoms with Gasteiger partial charge in [0.25, 0.3) is 0 Å². The predicted molar refractivity (Wildman–Crippen MR) is 141 cm³/mol. The van der Waals surface area contributed by atoms with Crippen molar-refractivity contribution < 1.29 is 13.5 Å². The molecule has 2 aromatic heterocycles. The van der Waals surface area contributed by atoms with Gasteiger partial charge in [-0.25, -0.2) is 13.8 Å². The van der Waals surface area contributed by atoms with Crippen LogP contribution in [0.1, 0.15) is 37.7 Å². The van der Waals surface area contributed by atoms with Gasteiger partial charge in [0.1, 0.15) is 28.7 Å². The standard InChI is InChI=1S/C28H25ClF2N6O/c29-23-24(31)21(30)14-22-25(23)32-28(37(22)15-17-8-3-1-4-9-17)20-13-7-12-19(27-33-35-36-34-27)26(20)38-16-18-10-5-2-6-11-18/h2,5-7,10-14,17H,1,3-4,8-9,15-16H2,(H,33,34,35,36). The SMILES string of the molecule is Fc1cc2c(nc(-c3cccc(-c4nn[nH]n4)c3OCc3ccccc3)n2CC2CCCCC2)c(Cl)c1F. The second-order valence-corrected chi connectivity index (χ2v) is 9.97. The van der Waals surface area contributed by atoms with E-state index in [1.54, 1.807) is 0 Å². The summed E-state index contributed by atoms with van der Waals surface area (Å²) in [6, 6.07) is 16.5. The highest BCUT2D eigenvalue weighted by Crippen LogP contribution is 2.41. The maximum Gasteiger partial charge on any atom is 0.208 e. The Balaban J connectivity index is 1.54. The number of para-hydroxylation sites is 1. The molecule has 10 heteroatoms. The Morgan fingerprint density at radius 2 is 1.79 bits per heavy atom. The second kappa shape index (κ2) is 10.5. The van der Waals surface area contributed by atoms with E-state index in [2.05, 4.69) is 20.6 Å². The van der Waals surface area contributed by atoms with E-state index in [4.69, 9.17) is 21.3 Å². The Bertz CT molecular complexity index is 1570. The number of aromatic nitrogens is 6. The van der Waals surface area contributed by atoms with Crippen LogP contribution in [0.5, 0.6) is 5.75 Å². The molecule has 7 nitrogen and oxygen atoms in total. The van der Waals surface area contributed by atoms with Crippen LogP contribution in [0.15, 0.2) is 54.6 Å². The van der Waals surface area contributed by atoms with E-state index in [1.807, 2.05) is 53.1 Å². The molecule has 0 saturated heterocycles.